The third-order valence-corrected chi connectivity index (χ3v) is 2.83. The summed E-state index contributed by atoms with van der Waals surface area (Å²) in [5.41, 5.74) is 0.827. The average molecular weight is 274 g/mol. The van der Waals surface area contributed by atoms with Crippen molar-refractivity contribution < 1.29 is 14.6 Å². The van der Waals surface area contributed by atoms with Crippen LogP contribution >= 0.6 is 0 Å². The molecule has 0 fully saturated rings. The first-order valence-corrected chi connectivity index (χ1v) is 6.52. The molecule has 1 aromatic heterocycles. The van der Waals surface area contributed by atoms with E-state index in [0.29, 0.717) is 5.75 Å². The lowest BCUT2D eigenvalue weighted by atomic mass is 10.2. The Bertz CT molecular complexity index is 598. The molecule has 0 aliphatic carbocycles. The molecule has 0 aliphatic heterocycles. The third-order valence-electron chi connectivity index (χ3n) is 2.83. The molecule has 0 radical (unpaired) electrons. The van der Waals surface area contributed by atoms with Gasteiger partial charge in [-0.1, -0.05) is 19.9 Å². The Kier molecular flexibility index (Phi) is 4.53. The zero-order valence-corrected chi connectivity index (χ0v) is 11.5. The highest BCUT2D eigenvalue weighted by molar-refractivity contribution is 5.79. The molecule has 20 heavy (non-hydrogen) atoms. The second kappa shape index (κ2) is 6.34. The number of benzene rings is 1. The number of nitrogens with one attached hydrogen (secondary N) is 1. The number of carboxylic acid groups (broad SMARTS) is 1. The molecule has 2 rings (SSSR count). The lowest BCUT2D eigenvalue weighted by Gasteiger charge is -2.17. The molecule has 1 atom stereocenters. The summed E-state index contributed by atoms with van der Waals surface area (Å²) in [4.78, 5) is 15.4. The second-order valence-electron chi connectivity index (χ2n) is 4.88. The molecule has 2 aromatic rings. The largest absolute Gasteiger partial charge is 0.491 e. The Balaban J connectivity index is 2.05. The van der Waals surface area contributed by atoms with Gasteiger partial charge < -0.3 is 9.84 Å². The molecule has 5 heteroatoms. The number of carboxylic acids is 1. The highest BCUT2D eigenvalue weighted by atomic mass is 16.5. The fourth-order valence-corrected chi connectivity index (χ4v) is 1.91. The molecule has 0 saturated heterocycles. The lowest BCUT2D eigenvalue weighted by molar-refractivity contribution is -0.140. The molecule has 1 aromatic carbocycles. The number of hydrogen-bond acceptors (Lipinski definition) is 4. The Labute approximate surface area is 117 Å². The van der Waals surface area contributed by atoms with Crippen LogP contribution in [0.4, 0.5) is 0 Å². The molecule has 1 heterocycles. The van der Waals surface area contributed by atoms with Gasteiger partial charge in [-0.2, -0.15) is 0 Å². The van der Waals surface area contributed by atoms with Crippen molar-refractivity contribution in [1.29, 1.82) is 0 Å². The van der Waals surface area contributed by atoms with Crippen LogP contribution in [-0.4, -0.2) is 34.8 Å². The van der Waals surface area contributed by atoms with E-state index >= 15 is 0 Å². The van der Waals surface area contributed by atoms with Gasteiger partial charge in [0.25, 0.3) is 0 Å². The average Bonchev–Trinajstić information content (AvgIpc) is 2.42. The molecular weight excluding hydrogens is 256 g/mol. The van der Waals surface area contributed by atoms with Crippen molar-refractivity contribution in [3.63, 3.8) is 0 Å². The molecule has 2 N–H and O–H groups in total. The van der Waals surface area contributed by atoms with Crippen molar-refractivity contribution in [3.8, 4) is 5.75 Å². The van der Waals surface area contributed by atoms with Crippen molar-refractivity contribution in [1.82, 2.24) is 10.3 Å². The van der Waals surface area contributed by atoms with Crippen LogP contribution < -0.4 is 10.1 Å². The number of nitrogens with zero attached hydrogens (tertiary/aromatic N) is 1. The van der Waals surface area contributed by atoms with Crippen LogP contribution in [0.3, 0.4) is 0 Å². The van der Waals surface area contributed by atoms with Crippen LogP contribution in [0.15, 0.2) is 36.5 Å². The quantitative estimate of drug-likeness (QED) is 0.843. The van der Waals surface area contributed by atoms with Gasteiger partial charge in [-0.15, -0.1) is 0 Å². The van der Waals surface area contributed by atoms with Gasteiger partial charge >= 0.3 is 5.97 Å². The highest BCUT2D eigenvalue weighted by Crippen LogP contribution is 2.18. The molecule has 106 valence electrons. The number of fused-ring (bicyclic) bond motifs is 1. The van der Waals surface area contributed by atoms with E-state index in [-0.39, 0.29) is 12.6 Å². The highest BCUT2D eigenvalue weighted by Gasteiger charge is 2.18. The van der Waals surface area contributed by atoms with E-state index in [1.165, 1.54) is 0 Å². The number of aromatic nitrogens is 1. The summed E-state index contributed by atoms with van der Waals surface area (Å²) >= 11 is 0. The van der Waals surface area contributed by atoms with Crippen LogP contribution in [0.2, 0.25) is 0 Å². The zero-order valence-electron chi connectivity index (χ0n) is 11.5. The predicted molar refractivity (Wildman–Crippen MR) is 76.9 cm³/mol. The molecular formula is C15H18N2O3. The Hall–Kier alpha value is -2.14. The summed E-state index contributed by atoms with van der Waals surface area (Å²) in [7, 11) is 0. The van der Waals surface area contributed by atoms with Gasteiger partial charge in [0.15, 0.2) is 0 Å². The minimum atomic E-state index is -0.919. The Morgan fingerprint density at radius 2 is 2.20 bits per heavy atom. The summed E-state index contributed by atoms with van der Waals surface area (Å²) in [6, 6.07) is 8.72. The van der Waals surface area contributed by atoms with E-state index in [0.717, 1.165) is 10.9 Å². The fraction of sp³-hybridized carbons (Fsp3) is 0.333. The molecule has 0 saturated carbocycles. The normalized spacial score (nSPS) is 12.6. The van der Waals surface area contributed by atoms with Gasteiger partial charge in [-0.3, -0.25) is 15.1 Å². The lowest BCUT2D eigenvalue weighted by Crippen LogP contribution is -2.44. The summed E-state index contributed by atoms with van der Waals surface area (Å²) in [5, 5.41) is 13.1. The van der Waals surface area contributed by atoms with Gasteiger partial charge in [-0.05, 0) is 18.2 Å². The maximum Gasteiger partial charge on any atom is 0.324 e. The minimum absolute atomic E-state index is 0.0753. The topological polar surface area (TPSA) is 71.5 Å². The number of pyridine rings is 1. The molecule has 0 bridgehead atoms. The number of hydrogen-bond donors (Lipinski definition) is 2. The van der Waals surface area contributed by atoms with E-state index in [1.54, 1.807) is 6.20 Å². The zero-order chi connectivity index (χ0) is 14.5. The number of aliphatic carboxylic acids is 1. The van der Waals surface area contributed by atoms with Crippen molar-refractivity contribution >= 4 is 16.9 Å². The smallest absolute Gasteiger partial charge is 0.324 e. The first-order valence-electron chi connectivity index (χ1n) is 6.52. The van der Waals surface area contributed by atoms with Crippen molar-refractivity contribution in [3.05, 3.63) is 36.5 Å². The number of ether oxygens (including phenoxy) is 1. The van der Waals surface area contributed by atoms with Gasteiger partial charge in [0.05, 0.1) is 5.52 Å². The maximum absolute atomic E-state index is 11.1. The Morgan fingerprint density at radius 1 is 1.40 bits per heavy atom. The molecule has 1 unspecified atom stereocenters. The van der Waals surface area contributed by atoms with Gasteiger partial charge in [0, 0.05) is 23.7 Å². The molecule has 0 aliphatic rings. The monoisotopic (exact) mass is 274 g/mol. The second-order valence-corrected chi connectivity index (χ2v) is 4.88. The summed E-state index contributed by atoms with van der Waals surface area (Å²) in [6.45, 7) is 3.87. The summed E-state index contributed by atoms with van der Waals surface area (Å²) in [6.07, 6.45) is 1.71. The SMILES string of the molecule is CC(C)NC(COc1ccc2cccnc2c1)C(=O)O. The third kappa shape index (κ3) is 3.68. The van der Waals surface area contributed by atoms with Crippen molar-refractivity contribution in [2.45, 2.75) is 25.9 Å². The van der Waals surface area contributed by atoms with Crippen LogP contribution in [0.1, 0.15) is 13.8 Å². The van der Waals surface area contributed by atoms with E-state index in [4.69, 9.17) is 9.84 Å². The van der Waals surface area contributed by atoms with E-state index in [1.807, 2.05) is 44.2 Å². The predicted octanol–water partition coefficient (Wildman–Crippen LogP) is 2.06. The standard InChI is InChI=1S/C15H18N2O3/c1-10(2)17-14(15(18)19)9-20-12-6-5-11-4-3-7-16-13(11)8-12/h3-8,10,14,17H,9H2,1-2H3,(H,18,19). The van der Waals surface area contributed by atoms with Crippen LogP contribution in [0.25, 0.3) is 10.9 Å². The molecule has 5 nitrogen and oxygen atoms in total. The van der Waals surface area contributed by atoms with Crippen molar-refractivity contribution in [2.75, 3.05) is 6.61 Å². The first-order chi connectivity index (χ1) is 9.56. The van der Waals surface area contributed by atoms with Crippen LogP contribution in [0, 0.1) is 0 Å². The van der Waals surface area contributed by atoms with E-state index in [9.17, 15) is 4.79 Å². The number of carbonyl (C=O) groups is 1. The minimum Gasteiger partial charge on any atom is -0.491 e. The summed E-state index contributed by atoms with van der Waals surface area (Å²) < 4.78 is 5.56. The van der Waals surface area contributed by atoms with Gasteiger partial charge in [0.2, 0.25) is 0 Å². The maximum atomic E-state index is 11.1. The molecule has 0 spiro atoms. The summed E-state index contributed by atoms with van der Waals surface area (Å²) in [5.74, 6) is -0.300. The fourth-order valence-electron chi connectivity index (χ4n) is 1.91. The first kappa shape index (κ1) is 14.3. The molecule has 0 amide bonds. The number of rotatable bonds is 6. The van der Waals surface area contributed by atoms with Gasteiger partial charge in [-0.25, -0.2) is 0 Å². The van der Waals surface area contributed by atoms with Crippen LogP contribution in [0.5, 0.6) is 5.75 Å². The Morgan fingerprint density at radius 3 is 2.90 bits per heavy atom. The van der Waals surface area contributed by atoms with E-state index in [2.05, 4.69) is 10.3 Å². The van der Waals surface area contributed by atoms with Crippen molar-refractivity contribution in [2.24, 2.45) is 0 Å². The van der Waals surface area contributed by atoms with E-state index < -0.39 is 12.0 Å². The van der Waals surface area contributed by atoms with Gasteiger partial charge in [0.1, 0.15) is 18.4 Å². The van der Waals surface area contributed by atoms with Crippen LogP contribution in [-0.2, 0) is 4.79 Å².